The Hall–Kier alpha value is -1.94. The molecule has 17 nitrogen and oxygen atoms in total. The van der Waals surface area contributed by atoms with Crippen molar-refractivity contribution in [3.63, 3.8) is 0 Å². The third-order valence-corrected chi connectivity index (χ3v) is 20.4. The van der Waals surface area contributed by atoms with Crippen LogP contribution < -0.4 is 0 Å². The second kappa shape index (κ2) is 70.7. The second-order valence-corrected chi connectivity index (χ2v) is 32.3. The molecule has 0 aliphatic rings. The number of unbranched alkanes of at least 4 members (excludes halogenated alkanes) is 48. The van der Waals surface area contributed by atoms with Crippen molar-refractivity contribution in [1.82, 2.24) is 0 Å². The summed E-state index contributed by atoms with van der Waals surface area (Å²) in [6.45, 7) is 9.62. The Morgan fingerprint density at radius 2 is 0.469 bits per heavy atom. The van der Waals surface area contributed by atoms with Gasteiger partial charge in [-0.1, -0.05) is 363 Å². The number of hydrogen-bond donors (Lipinski definition) is 3. The number of aliphatic hydroxyl groups is 1. The van der Waals surface area contributed by atoms with Crippen LogP contribution in [0, 0.1) is 11.8 Å². The van der Waals surface area contributed by atoms with Gasteiger partial charge >= 0.3 is 39.5 Å². The van der Waals surface area contributed by atoms with Gasteiger partial charge in [0, 0.05) is 25.7 Å². The lowest BCUT2D eigenvalue weighted by atomic mass is 10.0. The first kappa shape index (κ1) is 96.1. The highest BCUT2D eigenvalue weighted by molar-refractivity contribution is 7.47. The van der Waals surface area contributed by atoms with Crippen molar-refractivity contribution in [2.24, 2.45) is 11.8 Å². The number of phosphoric acid groups is 2. The number of carbonyl (C=O) groups excluding carboxylic acids is 4. The summed E-state index contributed by atoms with van der Waals surface area (Å²) in [5.41, 5.74) is 0. The highest BCUT2D eigenvalue weighted by atomic mass is 31.2. The summed E-state index contributed by atoms with van der Waals surface area (Å²) in [6.07, 6.45) is 59.6. The van der Waals surface area contributed by atoms with Crippen LogP contribution >= 0.6 is 15.6 Å². The zero-order chi connectivity index (χ0) is 72.1. The predicted molar refractivity (Wildman–Crippen MR) is 400 cm³/mol. The van der Waals surface area contributed by atoms with Crippen LogP contribution in [-0.4, -0.2) is 96.7 Å². The highest BCUT2D eigenvalue weighted by Gasteiger charge is 2.30. The smallest absolute Gasteiger partial charge is 0.462 e. The summed E-state index contributed by atoms with van der Waals surface area (Å²) in [4.78, 5) is 73.0. The first-order valence-electron chi connectivity index (χ1n) is 41.0. The predicted octanol–water partition coefficient (Wildman–Crippen LogP) is 23.5. The van der Waals surface area contributed by atoms with Crippen LogP contribution in [0.4, 0.5) is 0 Å². The minimum Gasteiger partial charge on any atom is -0.462 e. The zero-order valence-electron chi connectivity index (χ0n) is 64.1. The van der Waals surface area contributed by atoms with Gasteiger partial charge in [0.25, 0.3) is 0 Å². The van der Waals surface area contributed by atoms with Crippen LogP contribution in [0.15, 0.2) is 0 Å². The number of carbonyl (C=O) groups is 4. The molecule has 0 aromatic heterocycles. The van der Waals surface area contributed by atoms with E-state index in [4.69, 9.17) is 37.0 Å². The third-order valence-electron chi connectivity index (χ3n) is 18.5. The molecule has 0 fully saturated rings. The van der Waals surface area contributed by atoms with Gasteiger partial charge in [-0.25, -0.2) is 9.13 Å². The zero-order valence-corrected chi connectivity index (χ0v) is 65.9. The van der Waals surface area contributed by atoms with Crippen molar-refractivity contribution in [3.05, 3.63) is 0 Å². The summed E-state index contributed by atoms with van der Waals surface area (Å²) in [5.74, 6) is -0.580. The molecule has 0 rings (SSSR count). The molecule has 0 bridgehead atoms. The van der Waals surface area contributed by atoms with Gasteiger partial charge in [-0.05, 0) is 37.5 Å². The molecule has 0 spiro atoms. The summed E-state index contributed by atoms with van der Waals surface area (Å²) < 4.78 is 68.7. The first-order valence-corrected chi connectivity index (χ1v) is 44.0. The van der Waals surface area contributed by atoms with E-state index in [2.05, 4.69) is 41.5 Å². The monoisotopic (exact) mass is 1440 g/mol. The maximum Gasteiger partial charge on any atom is 0.472 e. The van der Waals surface area contributed by atoms with E-state index in [-0.39, 0.29) is 25.7 Å². The van der Waals surface area contributed by atoms with E-state index in [9.17, 15) is 43.2 Å². The van der Waals surface area contributed by atoms with Gasteiger partial charge < -0.3 is 33.8 Å². The van der Waals surface area contributed by atoms with Crippen molar-refractivity contribution >= 4 is 39.5 Å². The SMILES string of the molecule is CCCCCCCCCCCCCCCCCC(=O)OC[C@H](COP(=O)(O)OC[C@@H](O)COP(=O)(O)OC[C@@H](COC(=O)CCCCCCCCCCC(C)C)OC(=O)CCCCCCCCCCCCCCCC)OC(=O)CCCCCCCCCCCCCCCCCC(C)C. The molecule has 2 unspecified atom stereocenters. The lowest BCUT2D eigenvalue weighted by Crippen LogP contribution is -2.30. The van der Waals surface area contributed by atoms with Crippen molar-refractivity contribution in [2.45, 2.75) is 432 Å². The van der Waals surface area contributed by atoms with Gasteiger partial charge in [0.1, 0.15) is 19.3 Å². The van der Waals surface area contributed by atoms with Gasteiger partial charge in [0.2, 0.25) is 0 Å². The van der Waals surface area contributed by atoms with Crippen LogP contribution in [0.25, 0.3) is 0 Å². The maximum atomic E-state index is 13.1. The molecule has 0 aromatic rings. The molecule has 3 N–H and O–H groups in total. The Bertz CT molecular complexity index is 1890. The van der Waals surface area contributed by atoms with Crippen LogP contribution in [0.5, 0.6) is 0 Å². The molecule has 582 valence electrons. The van der Waals surface area contributed by atoms with E-state index in [1.54, 1.807) is 0 Å². The van der Waals surface area contributed by atoms with Gasteiger partial charge in [0.15, 0.2) is 12.2 Å². The summed E-state index contributed by atoms with van der Waals surface area (Å²) in [7, 11) is -9.92. The Labute approximate surface area is 600 Å². The molecule has 0 amide bonds. The molecule has 0 radical (unpaired) electrons. The van der Waals surface area contributed by atoms with Crippen molar-refractivity contribution in [1.29, 1.82) is 0 Å². The van der Waals surface area contributed by atoms with Gasteiger partial charge in [-0.3, -0.25) is 37.3 Å². The molecule has 0 aliphatic carbocycles. The Kier molecular flexibility index (Phi) is 69.3. The number of hydrogen-bond acceptors (Lipinski definition) is 15. The largest absolute Gasteiger partial charge is 0.472 e. The lowest BCUT2D eigenvalue weighted by Gasteiger charge is -2.21. The third kappa shape index (κ3) is 72.4. The molecule has 5 atom stereocenters. The number of rotatable bonds is 78. The average Bonchev–Trinajstić information content (AvgIpc) is 0.999. The van der Waals surface area contributed by atoms with E-state index in [0.29, 0.717) is 25.7 Å². The fourth-order valence-corrected chi connectivity index (χ4v) is 13.8. The molecule has 0 saturated carbocycles. The molecular formula is C79H154O17P2. The number of ether oxygens (including phenoxy) is 4. The van der Waals surface area contributed by atoms with E-state index in [1.807, 2.05) is 0 Å². The molecule has 0 saturated heterocycles. The highest BCUT2D eigenvalue weighted by Crippen LogP contribution is 2.45. The minimum absolute atomic E-state index is 0.108. The molecular weight excluding hydrogens is 1280 g/mol. The standard InChI is InChI=1S/C79H154O17P2/c1-7-9-11-13-15-17-19-21-24-29-32-36-43-49-55-61-76(81)89-67-74(95-79(84)64-58-52-46-38-34-30-26-23-25-27-31-35-41-47-53-59-71(3)4)69-93-97(85,86)91-65-73(80)66-92-98(87,88)94-70-75(68-90-77(82)62-56-50-44-40-39-42-48-54-60-72(5)6)96-78(83)63-57-51-45-37-33-28-22-20-18-16-14-12-10-8-2/h71-75,80H,7-70H2,1-6H3,(H,85,86)(H,87,88)/t73-,74-,75-/m1/s1. The van der Waals surface area contributed by atoms with Gasteiger partial charge in [-0.2, -0.15) is 0 Å². The normalized spacial score (nSPS) is 13.9. The van der Waals surface area contributed by atoms with E-state index in [1.165, 1.54) is 231 Å². The Morgan fingerprint density at radius 3 is 0.694 bits per heavy atom. The topological polar surface area (TPSA) is 237 Å². The average molecular weight is 1440 g/mol. The molecule has 0 aromatic carbocycles. The van der Waals surface area contributed by atoms with E-state index in [0.717, 1.165) is 102 Å². The lowest BCUT2D eigenvalue weighted by molar-refractivity contribution is -0.161. The van der Waals surface area contributed by atoms with Crippen LogP contribution in [0.3, 0.4) is 0 Å². The summed E-state index contributed by atoms with van der Waals surface area (Å²) >= 11 is 0. The van der Waals surface area contributed by atoms with Crippen LogP contribution in [0.1, 0.15) is 414 Å². The van der Waals surface area contributed by atoms with Crippen molar-refractivity contribution in [3.8, 4) is 0 Å². The van der Waals surface area contributed by atoms with Crippen LogP contribution in [0.2, 0.25) is 0 Å². The number of aliphatic hydroxyl groups excluding tert-OH is 1. The second-order valence-electron chi connectivity index (χ2n) is 29.4. The van der Waals surface area contributed by atoms with E-state index >= 15 is 0 Å². The number of esters is 4. The molecule has 98 heavy (non-hydrogen) atoms. The number of phosphoric ester groups is 2. The molecule has 0 heterocycles. The summed E-state index contributed by atoms with van der Waals surface area (Å²) in [6, 6.07) is 0. The molecule has 19 heteroatoms. The van der Waals surface area contributed by atoms with Crippen molar-refractivity contribution < 1.29 is 80.2 Å². The fraction of sp³-hybridized carbons (Fsp3) is 0.949. The maximum absolute atomic E-state index is 13.1. The van der Waals surface area contributed by atoms with Gasteiger partial charge in [0.05, 0.1) is 26.4 Å². The van der Waals surface area contributed by atoms with Gasteiger partial charge in [-0.15, -0.1) is 0 Å². The van der Waals surface area contributed by atoms with Crippen LogP contribution in [-0.2, 0) is 65.4 Å². The fourth-order valence-electron chi connectivity index (χ4n) is 12.2. The molecule has 0 aliphatic heterocycles. The van der Waals surface area contributed by atoms with Crippen molar-refractivity contribution in [2.75, 3.05) is 39.6 Å². The summed E-state index contributed by atoms with van der Waals surface area (Å²) in [5, 5.41) is 10.6. The Morgan fingerprint density at radius 1 is 0.276 bits per heavy atom. The first-order chi connectivity index (χ1) is 47.4. The minimum atomic E-state index is -4.96. The Balaban J connectivity index is 5.25. The quantitative estimate of drug-likeness (QED) is 0.0222. The van der Waals surface area contributed by atoms with E-state index < -0.39 is 97.5 Å².